The number of anilines is 1. The Bertz CT molecular complexity index is 983. The molecule has 1 heterocycles. The number of hydrogen-bond donors (Lipinski definition) is 0. The number of ether oxygens (including phenoxy) is 1. The van der Waals surface area contributed by atoms with E-state index in [4.69, 9.17) is 11.6 Å². The fourth-order valence-electron chi connectivity index (χ4n) is 2.44. The van der Waals surface area contributed by atoms with Crippen LogP contribution < -0.4 is 4.31 Å². The van der Waals surface area contributed by atoms with Crippen LogP contribution in [0.5, 0.6) is 0 Å². The van der Waals surface area contributed by atoms with E-state index in [2.05, 4.69) is 14.7 Å². The van der Waals surface area contributed by atoms with Gasteiger partial charge < -0.3 is 4.74 Å². The maximum atomic E-state index is 13.3. The van der Waals surface area contributed by atoms with Crippen LogP contribution >= 0.6 is 11.6 Å². The molecule has 0 aliphatic heterocycles. The second-order valence-corrected chi connectivity index (χ2v) is 7.77. The van der Waals surface area contributed by atoms with E-state index in [1.54, 1.807) is 0 Å². The van der Waals surface area contributed by atoms with Gasteiger partial charge in [-0.15, -0.1) is 0 Å². The lowest BCUT2D eigenvalue weighted by Gasteiger charge is -2.23. The minimum Gasteiger partial charge on any atom is -0.464 e. The highest BCUT2D eigenvalue weighted by atomic mass is 35.5. The average Bonchev–Trinajstić information content (AvgIpc) is 2.62. The Hall–Kier alpha value is -2.40. The molecule has 0 aliphatic carbocycles. The molecule has 12 heteroatoms. The second kappa shape index (κ2) is 8.31. The largest absolute Gasteiger partial charge is 0.464 e. The Labute approximate surface area is 164 Å². The molecule has 7 nitrogen and oxygen atoms in total. The molecule has 0 spiro atoms. The zero-order valence-electron chi connectivity index (χ0n) is 14.7. The summed E-state index contributed by atoms with van der Waals surface area (Å²) >= 11 is 5.62. The molecule has 28 heavy (non-hydrogen) atoms. The number of esters is 1. The van der Waals surface area contributed by atoms with E-state index < -0.39 is 39.0 Å². The number of rotatable bonds is 6. The zero-order chi connectivity index (χ0) is 21.1. The normalized spacial score (nSPS) is 11.9. The van der Waals surface area contributed by atoms with Gasteiger partial charge in [-0.1, -0.05) is 17.7 Å². The zero-order valence-corrected chi connectivity index (χ0v) is 16.3. The first-order valence-electron chi connectivity index (χ1n) is 7.76. The van der Waals surface area contributed by atoms with E-state index in [0.717, 1.165) is 25.6 Å². The van der Waals surface area contributed by atoms with Gasteiger partial charge in [0.25, 0.3) is 0 Å². The smallest absolute Gasteiger partial charge is 0.416 e. The summed E-state index contributed by atoms with van der Waals surface area (Å²) in [4.78, 5) is 19.5. The predicted molar refractivity (Wildman–Crippen MR) is 95.5 cm³/mol. The lowest BCUT2D eigenvalue weighted by molar-refractivity contribution is -0.138. The van der Waals surface area contributed by atoms with Gasteiger partial charge in [-0.2, -0.15) is 13.2 Å². The molecule has 0 fully saturated rings. The van der Waals surface area contributed by atoms with Crippen molar-refractivity contribution in [2.24, 2.45) is 0 Å². The van der Waals surface area contributed by atoms with Gasteiger partial charge in [0.15, 0.2) is 11.5 Å². The molecule has 0 saturated heterocycles. The van der Waals surface area contributed by atoms with E-state index in [1.807, 2.05) is 0 Å². The number of sulfonamides is 1. The van der Waals surface area contributed by atoms with Crippen molar-refractivity contribution in [3.05, 3.63) is 52.4 Å². The van der Waals surface area contributed by atoms with Crippen LogP contribution in [0.3, 0.4) is 0 Å². The summed E-state index contributed by atoms with van der Waals surface area (Å²) < 4.78 is 70.8. The number of carbonyl (C=O) groups is 1. The van der Waals surface area contributed by atoms with Crippen LogP contribution in [0.1, 0.15) is 28.5 Å². The number of alkyl halides is 3. The van der Waals surface area contributed by atoms with Gasteiger partial charge in [0.05, 0.1) is 18.4 Å². The summed E-state index contributed by atoms with van der Waals surface area (Å²) in [5.74, 6) is -2.25. The molecule has 152 valence electrons. The minimum absolute atomic E-state index is 0.178. The quantitative estimate of drug-likeness (QED) is 0.644. The highest BCUT2D eigenvalue weighted by Gasteiger charge is 2.36. The van der Waals surface area contributed by atoms with E-state index in [9.17, 15) is 26.4 Å². The fraction of sp³-hybridized carbons (Fsp3) is 0.312. The van der Waals surface area contributed by atoms with Gasteiger partial charge in [-0.05, 0) is 24.6 Å². The maximum absolute atomic E-state index is 13.3. The molecule has 0 saturated carbocycles. The number of nitrogens with zero attached hydrogens (tertiary/aromatic N) is 3. The molecule has 0 radical (unpaired) electrons. The number of aromatic nitrogens is 2. The maximum Gasteiger partial charge on any atom is 0.416 e. The van der Waals surface area contributed by atoms with Crippen LogP contribution in [0.4, 0.5) is 19.0 Å². The van der Waals surface area contributed by atoms with Crippen LogP contribution in [0.2, 0.25) is 5.02 Å². The van der Waals surface area contributed by atoms with Gasteiger partial charge in [-0.25, -0.2) is 23.2 Å². The van der Waals surface area contributed by atoms with Gasteiger partial charge in [-0.3, -0.25) is 4.31 Å². The first-order valence-corrected chi connectivity index (χ1v) is 9.75. The van der Waals surface area contributed by atoms with E-state index in [1.165, 1.54) is 13.0 Å². The molecule has 0 N–H and O–H groups in total. The highest BCUT2D eigenvalue weighted by Crippen LogP contribution is 2.35. The molecule has 0 bridgehead atoms. The van der Waals surface area contributed by atoms with E-state index in [-0.39, 0.29) is 23.1 Å². The third kappa shape index (κ3) is 4.71. The van der Waals surface area contributed by atoms with Crippen molar-refractivity contribution < 1.29 is 31.1 Å². The number of carbonyl (C=O) groups excluding carboxylic acids is 1. The molecule has 0 unspecified atom stereocenters. The lowest BCUT2D eigenvalue weighted by atomic mass is 10.1. The van der Waals surface area contributed by atoms with Crippen molar-refractivity contribution in [3.63, 3.8) is 0 Å². The van der Waals surface area contributed by atoms with Crippen LogP contribution in [0.15, 0.2) is 30.6 Å². The van der Waals surface area contributed by atoms with E-state index >= 15 is 0 Å². The fourth-order valence-corrected chi connectivity index (χ4v) is 4.21. The van der Waals surface area contributed by atoms with Crippen molar-refractivity contribution in [2.45, 2.75) is 18.9 Å². The summed E-state index contributed by atoms with van der Waals surface area (Å²) in [5.41, 5.74) is -2.02. The minimum atomic E-state index is -4.80. The van der Waals surface area contributed by atoms with Gasteiger partial charge in [0.2, 0.25) is 10.0 Å². The van der Waals surface area contributed by atoms with Crippen molar-refractivity contribution in [2.75, 3.05) is 18.0 Å². The third-order valence-electron chi connectivity index (χ3n) is 3.63. The lowest BCUT2D eigenvalue weighted by Crippen LogP contribution is -2.34. The summed E-state index contributed by atoms with van der Waals surface area (Å²) in [6.45, 7) is 1.25. The van der Waals surface area contributed by atoms with Crippen molar-refractivity contribution in [1.82, 2.24) is 9.97 Å². The first-order chi connectivity index (χ1) is 13.0. The summed E-state index contributed by atoms with van der Waals surface area (Å²) in [6, 6.07) is 2.82. The van der Waals surface area contributed by atoms with Crippen LogP contribution in [0.25, 0.3) is 0 Å². The van der Waals surface area contributed by atoms with Crippen molar-refractivity contribution >= 4 is 33.4 Å². The number of methoxy groups -OCH3 is 1. The molecular weight excluding hydrogens is 423 g/mol. The number of hydrogen-bond acceptors (Lipinski definition) is 6. The number of benzene rings is 1. The molecule has 0 amide bonds. The monoisotopic (exact) mass is 437 g/mol. The second-order valence-electron chi connectivity index (χ2n) is 5.44. The summed E-state index contributed by atoms with van der Waals surface area (Å²) in [7, 11) is -3.28. The average molecular weight is 438 g/mol. The Kier molecular flexibility index (Phi) is 6.50. The molecular formula is C16H15ClF3N3O4S. The third-order valence-corrected chi connectivity index (χ3v) is 5.65. The SMILES string of the molecule is CCN(c1nccnc1C(=O)OC)S(=O)(=O)Cc1ccc(Cl)cc1C(F)(F)F. The molecule has 1 aromatic heterocycles. The van der Waals surface area contributed by atoms with Crippen molar-refractivity contribution in [1.29, 1.82) is 0 Å². The Balaban J connectivity index is 2.52. The van der Waals surface area contributed by atoms with Gasteiger partial charge in [0.1, 0.15) is 0 Å². The van der Waals surface area contributed by atoms with Gasteiger partial charge >= 0.3 is 12.1 Å². The molecule has 0 atom stereocenters. The summed E-state index contributed by atoms with van der Waals surface area (Å²) in [6.07, 6.45) is -2.48. The van der Waals surface area contributed by atoms with Crippen molar-refractivity contribution in [3.8, 4) is 0 Å². The molecule has 0 aliphatic rings. The van der Waals surface area contributed by atoms with E-state index in [0.29, 0.717) is 10.4 Å². The Morgan fingerprint density at radius 2 is 1.89 bits per heavy atom. The molecule has 1 aromatic carbocycles. The van der Waals surface area contributed by atoms with Crippen LogP contribution in [-0.2, 0) is 26.7 Å². The topological polar surface area (TPSA) is 89.5 Å². The van der Waals surface area contributed by atoms with Crippen LogP contribution in [-0.4, -0.2) is 38.0 Å². The Morgan fingerprint density at radius 1 is 1.25 bits per heavy atom. The molecule has 2 rings (SSSR count). The first kappa shape index (κ1) is 21.9. The Morgan fingerprint density at radius 3 is 2.46 bits per heavy atom. The highest BCUT2D eigenvalue weighted by molar-refractivity contribution is 7.92. The molecule has 2 aromatic rings. The summed E-state index contributed by atoms with van der Waals surface area (Å²) in [5, 5.41) is -0.178. The van der Waals surface area contributed by atoms with Gasteiger partial charge in [0, 0.05) is 24.0 Å². The number of halogens is 4. The van der Waals surface area contributed by atoms with Crippen LogP contribution in [0, 0.1) is 0 Å². The standard InChI is InChI=1S/C16H15ClF3N3O4S/c1-3-23(14-13(15(24)27-2)21-6-7-22-14)28(25,26)9-10-4-5-11(17)8-12(10)16(18,19)20/h4-8H,3,9H2,1-2H3. The predicted octanol–water partition coefficient (Wildman–Crippen LogP) is 3.29.